The standard InChI is InChI=1S/C33H44N9O13P3/c34-23-9-7-21-14-22-8-10-24(35)16-26(22)41(25(21)15-23)13-5-6-29(44)36-11-3-1-2-4-12-37-32-31-33(39-19-38-32)42(20-40-31)30-17-27(43)28(53-30)18-52-57(48,49)55-58(50,51)54-56(45,46)47/h7-10,14-16,19-20,27-28,30,43H,1-6,11-13,17-18H2,(H9,34,35,36,37,38,39,44,45,46,47,48,49,50,51)/t27-,28+,30+/m0/s1. The van der Waals surface area contributed by atoms with Gasteiger partial charge in [0.1, 0.15) is 25.2 Å². The summed E-state index contributed by atoms with van der Waals surface area (Å²) in [5.74, 6) is 0.461. The lowest BCUT2D eigenvalue weighted by Gasteiger charge is -2.21. The van der Waals surface area contributed by atoms with Crippen LogP contribution in [-0.4, -0.2) is 77.1 Å². The van der Waals surface area contributed by atoms with Crippen LogP contribution in [0.15, 0.2) is 55.1 Å². The summed E-state index contributed by atoms with van der Waals surface area (Å²) in [5.41, 5.74) is 16.3. The molecule has 1 amide bonds. The number of carbonyl (C=O) groups excluding carboxylic acids is 1. The predicted molar refractivity (Wildman–Crippen MR) is 207 cm³/mol. The average Bonchev–Trinajstić information content (AvgIpc) is 3.74. The number of amides is 1. The number of hydrogen-bond acceptors (Lipinski definition) is 16. The number of benzene rings is 2. The molecule has 10 N–H and O–H groups in total. The molecule has 22 nitrogen and oxygen atoms in total. The number of aliphatic hydroxyl groups is 1. The highest BCUT2D eigenvalue weighted by atomic mass is 31.3. The number of imidazole rings is 1. The summed E-state index contributed by atoms with van der Waals surface area (Å²) in [6.07, 6.45) is 3.86. The van der Waals surface area contributed by atoms with Crippen molar-refractivity contribution < 1.29 is 65.6 Å². The van der Waals surface area contributed by atoms with Gasteiger partial charge in [-0.2, -0.15) is 8.88 Å². The lowest BCUT2D eigenvalue weighted by molar-refractivity contribution is -0.645. The van der Waals surface area contributed by atoms with Gasteiger partial charge in [0.05, 0.1) is 19.0 Å². The maximum absolute atomic E-state index is 12.6. The molecule has 0 aliphatic carbocycles. The summed E-state index contributed by atoms with van der Waals surface area (Å²) >= 11 is 0. The molecule has 6 rings (SSSR count). The largest absolute Gasteiger partial charge is 0.756 e. The number of nitrogen functional groups attached to an aromatic ring is 2. The molecule has 314 valence electrons. The van der Waals surface area contributed by atoms with E-state index in [1.165, 1.54) is 17.2 Å². The second kappa shape index (κ2) is 18.4. The number of phosphoric ester groups is 1. The molecule has 25 heteroatoms. The van der Waals surface area contributed by atoms with Crippen molar-refractivity contribution in [2.75, 3.05) is 36.5 Å². The number of nitrogens with one attached hydrogen (secondary N) is 2. The Labute approximate surface area is 331 Å². The van der Waals surface area contributed by atoms with Crippen molar-refractivity contribution in [2.45, 2.75) is 69.9 Å². The predicted octanol–water partition coefficient (Wildman–Crippen LogP) is 2.51. The maximum Gasteiger partial charge on any atom is 0.487 e. The summed E-state index contributed by atoms with van der Waals surface area (Å²) in [6, 6.07) is 13.7. The number of anilines is 3. The molecule has 3 unspecified atom stereocenters. The molecule has 0 radical (unpaired) electrons. The fraction of sp³-hybridized carbons (Fsp3) is 0.424. The van der Waals surface area contributed by atoms with E-state index >= 15 is 0 Å². The first kappa shape index (κ1) is 43.4. The van der Waals surface area contributed by atoms with E-state index < -0.39 is 48.5 Å². The molecule has 1 aliphatic heterocycles. The number of fused-ring (bicyclic) bond motifs is 3. The number of unbranched alkanes of at least 4 members (excludes halogenated alkanes) is 3. The number of phosphoric acid groups is 3. The number of rotatable bonds is 20. The minimum Gasteiger partial charge on any atom is -0.756 e. The zero-order valence-electron chi connectivity index (χ0n) is 30.9. The van der Waals surface area contributed by atoms with E-state index in [-0.39, 0.29) is 12.3 Å². The number of aliphatic hydroxyl groups excluding tert-OH is 1. The third-order valence-electron chi connectivity index (χ3n) is 9.19. The van der Waals surface area contributed by atoms with Crippen molar-refractivity contribution >= 4 is 79.5 Å². The van der Waals surface area contributed by atoms with E-state index in [2.05, 4.69) is 49.4 Å². The molecule has 1 saturated heterocycles. The molecule has 1 fully saturated rings. The first-order chi connectivity index (χ1) is 27.5. The van der Waals surface area contributed by atoms with Crippen LogP contribution in [0.4, 0.5) is 17.2 Å². The number of ether oxygens (including phenoxy) is 1. The molecule has 0 spiro atoms. The molecular formula is C33H44N9O13P3. The third-order valence-corrected chi connectivity index (χ3v) is 13.0. The van der Waals surface area contributed by atoms with Gasteiger partial charge in [0.15, 0.2) is 17.0 Å². The number of carbonyl (C=O) groups is 1. The van der Waals surface area contributed by atoms with Gasteiger partial charge in [0.25, 0.3) is 7.82 Å². The van der Waals surface area contributed by atoms with Gasteiger partial charge in [-0.15, -0.1) is 0 Å². The zero-order valence-corrected chi connectivity index (χ0v) is 33.6. The minimum absolute atomic E-state index is 0.00705. The van der Waals surface area contributed by atoms with Gasteiger partial charge in [-0.05, 0) is 43.2 Å². The van der Waals surface area contributed by atoms with E-state index in [9.17, 15) is 38.3 Å². The van der Waals surface area contributed by atoms with Gasteiger partial charge >= 0.3 is 15.6 Å². The zero-order chi connectivity index (χ0) is 41.7. The van der Waals surface area contributed by atoms with Gasteiger partial charge in [0, 0.05) is 66.6 Å². The highest BCUT2D eigenvalue weighted by Crippen LogP contribution is 2.65. The van der Waals surface area contributed by atoms with Crippen LogP contribution in [0.5, 0.6) is 0 Å². The van der Waals surface area contributed by atoms with Crippen LogP contribution in [0.1, 0.15) is 51.2 Å². The van der Waals surface area contributed by atoms with Crippen molar-refractivity contribution in [3.05, 3.63) is 55.1 Å². The van der Waals surface area contributed by atoms with E-state index in [0.717, 1.165) is 47.5 Å². The van der Waals surface area contributed by atoms with Crippen molar-refractivity contribution in [2.24, 2.45) is 0 Å². The Morgan fingerprint density at radius 2 is 1.59 bits per heavy atom. The minimum atomic E-state index is -5.80. The van der Waals surface area contributed by atoms with Crippen LogP contribution in [-0.2, 0) is 42.9 Å². The van der Waals surface area contributed by atoms with Crippen molar-refractivity contribution in [1.82, 2.24) is 24.8 Å². The van der Waals surface area contributed by atoms with Gasteiger partial charge in [-0.1, -0.05) is 12.8 Å². The monoisotopic (exact) mass is 867 g/mol. The number of hydrogen-bond donors (Lipinski definition) is 8. The van der Waals surface area contributed by atoms with Gasteiger partial charge < -0.3 is 51.5 Å². The van der Waals surface area contributed by atoms with Crippen molar-refractivity contribution in [3.8, 4) is 0 Å². The Hall–Kier alpha value is -4.14. The first-order valence-corrected chi connectivity index (χ1v) is 22.7. The molecule has 4 heterocycles. The molecule has 1 aliphatic rings. The molecule has 3 aromatic heterocycles. The van der Waals surface area contributed by atoms with Gasteiger partial charge in [0.2, 0.25) is 16.9 Å². The fourth-order valence-corrected chi connectivity index (χ4v) is 9.59. The lowest BCUT2D eigenvalue weighted by Crippen LogP contribution is -2.36. The Kier molecular flexibility index (Phi) is 13.8. The molecule has 0 bridgehead atoms. The number of pyridine rings is 1. The van der Waals surface area contributed by atoms with Gasteiger partial charge in [-0.3, -0.25) is 18.5 Å². The molecule has 6 atom stereocenters. The van der Waals surface area contributed by atoms with Crippen LogP contribution in [0.3, 0.4) is 0 Å². The smallest absolute Gasteiger partial charge is 0.487 e. The van der Waals surface area contributed by atoms with Crippen LogP contribution in [0.2, 0.25) is 0 Å². The Balaban J connectivity index is 0.898. The van der Waals surface area contributed by atoms with Crippen LogP contribution in [0, 0.1) is 0 Å². The third kappa shape index (κ3) is 11.5. The summed E-state index contributed by atoms with van der Waals surface area (Å²) in [7, 11) is -17.0. The topological polar surface area (TPSA) is 333 Å². The first-order valence-electron chi connectivity index (χ1n) is 18.2. The summed E-state index contributed by atoms with van der Waals surface area (Å²) < 4.78 is 55.6. The molecular weight excluding hydrogens is 823 g/mol. The Morgan fingerprint density at radius 3 is 2.26 bits per heavy atom. The van der Waals surface area contributed by atoms with Crippen LogP contribution < -0.4 is 31.6 Å². The Morgan fingerprint density at radius 1 is 0.914 bits per heavy atom. The van der Waals surface area contributed by atoms with E-state index in [1.54, 1.807) is 0 Å². The lowest BCUT2D eigenvalue weighted by atomic mass is 10.1. The second-order valence-electron chi connectivity index (χ2n) is 13.6. The summed E-state index contributed by atoms with van der Waals surface area (Å²) in [4.78, 5) is 63.8. The highest BCUT2D eigenvalue weighted by Gasteiger charge is 2.41. The van der Waals surface area contributed by atoms with E-state index in [1.807, 2.05) is 36.4 Å². The van der Waals surface area contributed by atoms with Crippen LogP contribution in [0.25, 0.3) is 33.0 Å². The Bertz CT molecular complexity index is 2360. The SMILES string of the molecule is Nc1ccc2cc3ccc(N)cc3[n+](CCCC(=O)NCCCCCCNc3ncnc4c3ncn4[C@H]3C[C@H](O)[C@@H](COP(=O)(O)OP(=O)(O)OP(=O)([O-])O)O3)c2c1. The molecule has 0 saturated carbocycles. The van der Waals surface area contributed by atoms with E-state index in [0.29, 0.717) is 60.8 Å². The summed E-state index contributed by atoms with van der Waals surface area (Å²) in [5, 5.41) is 18.9. The molecule has 58 heavy (non-hydrogen) atoms. The van der Waals surface area contributed by atoms with Gasteiger partial charge in [-0.25, -0.2) is 28.4 Å². The number of nitrogens with two attached hydrogens (primary N) is 2. The van der Waals surface area contributed by atoms with Crippen molar-refractivity contribution in [1.29, 1.82) is 0 Å². The number of aromatic nitrogens is 5. The average molecular weight is 868 g/mol. The van der Waals surface area contributed by atoms with Crippen molar-refractivity contribution in [3.63, 3.8) is 0 Å². The molecule has 5 aromatic rings. The quantitative estimate of drug-likeness (QED) is 0.0183. The fourth-order valence-electron chi connectivity index (χ4n) is 6.59. The number of nitrogens with zero attached hydrogens (tertiary/aromatic N) is 5. The maximum atomic E-state index is 12.6. The molecule has 2 aromatic carbocycles. The summed E-state index contributed by atoms with van der Waals surface area (Å²) in [6.45, 7) is 0.963. The van der Waals surface area contributed by atoms with E-state index in [4.69, 9.17) is 21.1 Å². The number of aryl methyl sites for hydroxylation is 1. The van der Waals surface area contributed by atoms with Crippen LogP contribution >= 0.6 is 23.5 Å². The highest BCUT2D eigenvalue weighted by molar-refractivity contribution is 7.66. The normalized spacial score (nSPS) is 20.2. The second-order valence-corrected chi connectivity index (χ2v) is 17.9.